The van der Waals surface area contributed by atoms with Crippen molar-refractivity contribution in [2.75, 3.05) is 30.1 Å². The van der Waals surface area contributed by atoms with Crippen molar-refractivity contribution in [3.63, 3.8) is 0 Å². The van der Waals surface area contributed by atoms with Crippen molar-refractivity contribution in [2.24, 2.45) is 0 Å². The molecule has 0 aliphatic heterocycles. The highest BCUT2D eigenvalue weighted by molar-refractivity contribution is 8.01. The molecular formula is C18H21N3O6S. The first-order valence-corrected chi connectivity index (χ1v) is 9.37. The third-order valence-electron chi connectivity index (χ3n) is 3.44. The number of anilines is 2. The van der Waals surface area contributed by atoms with Crippen molar-refractivity contribution in [3.05, 3.63) is 36.1 Å². The van der Waals surface area contributed by atoms with Crippen LogP contribution in [0.1, 0.15) is 12.7 Å². The number of hydrogen-bond acceptors (Lipinski definition) is 8. The van der Waals surface area contributed by atoms with Gasteiger partial charge in [0.1, 0.15) is 11.5 Å². The van der Waals surface area contributed by atoms with E-state index >= 15 is 0 Å². The Morgan fingerprint density at radius 3 is 2.54 bits per heavy atom. The topological polar surface area (TPSA) is 120 Å². The summed E-state index contributed by atoms with van der Waals surface area (Å²) in [6, 6.07) is 8.33. The maximum absolute atomic E-state index is 12.0. The quantitative estimate of drug-likeness (QED) is 0.607. The first-order chi connectivity index (χ1) is 13.4. The fourth-order valence-corrected chi connectivity index (χ4v) is 2.66. The van der Waals surface area contributed by atoms with Crippen LogP contribution in [0.4, 0.5) is 11.5 Å². The minimum atomic E-state index is -0.591. The molecule has 2 N–H and O–H groups in total. The number of aromatic nitrogens is 1. The molecule has 0 aliphatic carbocycles. The van der Waals surface area contributed by atoms with E-state index in [0.717, 1.165) is 11.8 Å². The van der Waals surface area contributed by atoms with Crippen LogP contribution in [0.2, 0.25) is 0 Å². The maximum Gasteiger partial charge on any atom is 0.316 e. The van der Waals surface area contributed by atoms with Crippen LogP contribution in [0.3, 0.4) is 0 Å². The van der Waals surface area contributed by atoms with Gasteiger partial charge in [-0.15, -0.1) is 11.8 Å². The first-order valence-electron chi connectivity index (χ1n) is 8.32. The van der Waals surface area contributed by atoms with Gasteiger partial charge in [-0.2, -0.15) is 0 Å². The summed E-state index contributed by atoms with van der Waals surface area (Å²) < 4.78 is 14.8. The lowest BCUT2D eigenvalue weighted by Crippen LogP contribution is -2.25. The number of thioether (sulfide) groups is 1. The van der Waals surface area contributed by atoms with Crippen molar-refractivity contribution < 1.29 is 28.4 Å². The average Bonchev–Trinajstić information content (AvgIpc) is 3.09. The largest absolute Gasteiger partial charge is 0.497 e. The van der Waals surface area contributed by atoms with Crippen LogP contribution < -0.4 is 15.4 Å². The van der Waals surface area contributed by atoms with Crippen molar-refractivity contribution in [2.45, 2.75) is 19.1 Å². The van der Waals surface area contributed by atoms with Gasteiger partial charge in [0.25, 0.3) is 5.91 Å². The SMILES string of the molecule is COc1ccc(NC(=O)COC(=O)CS[C@H](C)C(=O)Nc2cc(C)on2)cc1. The molecule has 0 bridgehead atoms. The Labute approximate surface area is 166 Å². The van der Waals surface area contributed by atoms with Gasteiger partial charge in [0.15, 0.2) is 12.4 Å². The summed E-state index contributed by atoms with van der Waals surface area (Å²) in [7, 11) is 1.55. The molecular weight excluding hydrogens is 386 g/mol. The number of methoxy groups -OCH3 is 1. The molecule has 10 heteroatoms. The molecule has 0 aliphatic rings. The predicted molar refractivity (Wildman–Crippen MR) is 104 cm³/mol. The second-order valence-corrected chi connectivity index (χ2v) is 7.03. The predicted octanol–water partition coefficient (Wildman–Crippen LogP) is 2.23. The third kappa shape index (κ3) is 6.95. The normalized spacial score (nSPS) is 11.4. The number of aryl methyl sites for hydroxylation is 1. The molecule has 1 heterocycles. The van der Waals surface area contributed by atoms with Crippen LogP contribution in [0.15, 0.2) is 34.9 Å². The molecule has 2 rings (SSSR count). The lowest BCUT2D eigenvalue weighted by molar-refractivity contribution is -0.144. The second-order valence-electron chi connectivity index (χ2n) is 5.70. The molecule has 1 atom stereocenters. The fourth-order valence-electron chi connectivity index (χ4n) is 1.98. The highest BCUT2D eigenvalue weighted by Crippen LogP contribution is 2.16. The van der Waals surface area contributed by atoms with Crippen LogP contribution in [-0.4, -0.2) is 47.7 Å². The van der Waals surface area contributed by atoms with Crippen LogP contribution >= 0.6 is 11.8 Å². The molecule has 0 saturated heterocycles. The molecule has 1 aromatic heterocycles. The molecule has 1 aromatic carbocycles. The van der Waals surface area contributed by atoms with E-state index in [9.17, 15) is 14.4 Å². The van der Waals surface area contributed by atoms with E-state index in [0.29, 0.717) is 23.0 Å². The van der Waals surface area contributed by atoms with Crippen LogP contribution in [0.5, 0.6) is 5.75 Å². The molecule has 9 nitrogen and oxygen atoms in total. The Balaban J connectivity index is 1.66. The molecule has 0 spiro atoms. The molecule has 0 radical (unpaired) electrons. The number of nitrogens with zero attached hydrogens (tertiary/aromatic N) is 1. The molecule has 0 unspecified atom stereocenters. The molecule has 150 valence electrons. The highest BCUT2D eigenvalue weighted by Gasteiger charge is 2.17. The van der Waals surface area contributed by atoms with Crippen molar-refractivity contribution >= 4 is 41.1 Å². The number of esters is 1. The Hall–Kier alpha value is -3.01. The van der Waals surface area contributed by atoms with E-state index in [-0.39, 0.29) is 11.7 Å². The Bertz CT molecular complexity index is 821. The van der Waals surface area contributed by atoms with Gasteiger partial charge in [0, 0.05) is 11.8 Å². The van der Waals surface area contributed by atoms with Gasteiger partial charge >= 0.3 is 5.97 Å². The molecule has 28 heavy (non-hydrogen) atoms. The number of benzene rings is 1. The first kappa shape index (κ1) is 21.3. The van der Waals surface area contributed by atoms with Gasteiger partial charge < -0.3 is 24.6 Å². The van der Waals surface area contributed by atoms with Gasteiger partial charge in [-0.1, -0.05) is 5.16 Å². The zero-order chi connectivity index (χ0) is 20.5. The Morgan fingerprint density at radius 2 is 1.93 bits per heavy atom. The summed E-state index contributed by atoms with van der Waals surface area (Å²) in [5, 5.41) is 8.34. The zero-order valence-corrected chi connectivity index (χ0v) is 16.5. The maximum atomic E-state index is 12.0. The van der Waals surface area contributed by atoms with E-state index in [1.165, 1.54) is 0 Å². The molecule has 2 amide bonds. The number of hydrogen-bond donors (Lipinski definition) is 2. The highest BCUT2D eigenvalue weighted by atomic mass is 32.2. The average molecular weight is 407 g/mol. The monoisotopic (exact) mass is 407 g/mol. The van der Waals surface area contributed by atoms with Gasteiger partial charge in [0.2, 0.25) is 5.91 Å². The lowest BCUT2D eigenvalue weighted by Gasteiger charge is -2.10. The lowest BCUT2D eigenvalue weighted by atomic mass is 10.3. The zero-order valence-electron chi connectivity index (χ0n) is 15.7. The van der Waals surface area contributed by atoms with E-state index in [2.05, 4.69) is 15.8 Å². The summed E-state index contributed by atoms with van der Waals surface area (Å²) in [4.78, 5) is 35.6. The molecule has 0 saturated carbocycles. The van der Waals surface area contributed by atoms with Crippen molar-refractivity contribution in [1.82, 2.24) is 5.16 Å². The van der Waals surface area contributed by atoms with E-state index in [4.69, 9.17) is 14.0 Å². The smallest absolute Gasteiger partial charge is 0.316 e. The van der Waals surface area contributed by atoms with Gasteiger partial charge in [-0.25, -0.2) is 0 Å². The van der Waals surface area contributed by atoms with Crippen molar-refractivity contribution in [3.8, 4) is 5.75 Å². The van der Waals surface area contributed by atoms with Crippen LogP contribution in [0.25, 0.3) is 0 Å². The van der Waals surface area contributed by atoms with E-state index < -0.39 is 23.7 Å². The summed E-state index contributed by atoms with van der Waals surface area (Å²) in [6.45, 7) is 2.95. The van der Waals surface area contributed by atoms with Gasteiger partial charge in [-0.3, -0.25) is 14.4 Å². The number of carbonyl (C=O) groups excluding carboxylic acids is 3. The minimum Gasteiger partial charge on any atom is -0.497 e. The number of ether oxygens (including phenoxy) is 2. The van der Waals surface area contributed by atoms with Crippen LogP contribution in [0, 0.1) is 6.92 Å². The van der Waals surface area contributed by atoms with Crippen molar-refractivity contribution in [1.29, 1.82) is 0 Å². The molecule has 0 fully saturated rings. The van der Waals surface area contributed by atoms with Gasteiger partial charge in [-0.05, 0) is 38.1 Å². The summed E-state index contributed by atoms with van der Waals surface area (Å²) in [5.74, 6) is 0.117. The summed E-state index contributed by atoms with van der Waals surface area (Å²) >= 11 is 1.09. The number of rotatable bonds is 9. The van der Waals surface area contributed by atoms with E-state index in [1.54, 1.807) is 51.3 Å². The Kier molecular flexibility index (Phi) is 7.88. The number of amides is 2. The standard InChI is InChI=1S/C18H21N3O6S/c1-11-8-15(21-27-11)20-18(24)12(2)28-10-17(23)26-9-16(22)19-13-4-6-14(25-3)7-5-13/h4-8,12H,9-10H2,1-3H3,(H,19,22)(H,20,21,24)/t12-/m1/s1. The summed E-state index contributed by atoms with van der Waals surface area (Å²) in [5.41, 5.74) is 0.560. The van der Waals surface area contributed by atoms with Gasteiger partial charge in [0.05, 0.1) is 18.1 Å². The second kappa shape index (κ2) is 10.4. The van der Waals surface area contributed by atoms with E-state index in [1.807, 2.05) is 0 Å². The number of carbonyl (C=O) groups is 3. The molecule has 2 aromatic rings. The number of nitrogens with one attached hydrogen (secondary N) is 2. The fraction of sp³-hybridized carbons (Fsp3) is 0.333. The summed E-state index contributed by atoms with van der Waals surface area (Å²) in [6.07, 6.45) is 0. The Morgan fingerprint density at radius 1 is 1.21 bits per heavy atom. The third-order valence-corrected chi connectivity index (χ3v) is 4.55. The minimum absolute atomic E-state index is 0.0672. The van der Waals surface area contributed by atoms with Crippen LogP contribution in [-0.2, 0) is 19.1 Å².